The number of aromatic nitrogens is 1. The molecule has 0 unspecified atom stereocenters. The molecule has 1 aromatic carbocycles. The van der Waals surface area contributed by atoms with Gasteiger partial charge in [0.25, 0.3) is 0 Å². The second-order valence-corrected chi connectivity index (χ2v) is 3.77. The van der Waals surface area contributed by atoms with Crippen LogP contribution in [0.1, 0.15) is 5.56 Å². The van der Waals surface area contributed by atoms with E-state index in [1.54, 1.807) is 24.4 Å². The molecule has 76 valence electrons. The van der Waals surface area contributed by atoms with E-state index in [1.807, 2.05) is 19.1 Å². The van der Waals surface area contributed by atoms with Gasteiger partial charge in [-0.1, -0.05) is 17.7 Å². The van der Waals surface area contributed by atoms with Crippen LogP contribution in [0.5, 0.6) is 5.75 Å². The molecule has 0 aliphatic rings. The number of pyridine rings is 1. The van der Waals surface area contributed by atoms with Crippen molar-refractivity contribution in [2.45, 2.75) is 6.92 Å². The summed E-state index contributed by atoms with van der Waals surface area (Å²) in [5.41, 5.74) is 2.49. The molecule has 2 rings (SSSR count). The Kier molecular flexibility index (Phi) is 2.60. The summed E-state index contributed by atoms with van der Waals surface area (Å²) in [5, 5.41) is 10.3. The first kappa shape index (κ1) is 9.99. The van der Waals surface area contributed by atoms with Crippen LogP contribution in [0.3, 0.4) is 0 Å². The predicted molar refractivity (Wildman–Crippen MR) is 61.1 cm³/mol. The van der Waals surface area contributed by atoms with Crippen LogP contribution in [-0.2, 0) is 0 Å². The van der Waals surface area contributed by atoms with E-state index in [9.17, 15) is 5.11 Å². The lowest BCUT2D eigenvalue weighted by Gasteiger charge is -2.06. The monoisotopic (exact) mass is 219 g/mol. The SMILES string of the molecule is Cc1cc(Cl)ccc1-c1ncccc1O. The number of rotatable bonds is 1. The van der Waals surface area contributed by atoms with Gasteiger partial charge < -0.3 is 5.11 Å². The van der Waals surface area contributed by atoms with Crippen LogP contribution in [-0.4, -0.2) is 10.1 Å². The molecular formula is C12H10ClNO. The molecule has 2 aromatic rings. The molecule has 2 nitrogen and oxygen atoms in total. The van der Waals surface area contributed by atoms with Crippen LogP contribution in [0.2, 0.25) is 5.02 Å². The molecule has 0 atom stereocenters. The van der Waals surface area contributed by atoms with Crippen molar-refractivity contribution < 1.29 is 5.11 Å². The van der Waals surface area contributed by atoms with Crippen molar-refractivity contribution in [1.29, 1.82) is 0 Å². The Balaban J connectivity index is 2.60. The largest absolute Gasteiger partial charge is 0.506 e. The fraction of sp³-hybridized carbons (Fsp3) is 0.0833. The molecule has 1 heterocycles. The predicted octanol–water partition coefficient (Wildman–Crippen LogP) is 3.42. The van der Waals surface area contributed by atoms with E-state index in [-0.39, 0.29) is 5.75 Å². The number of nitrogens with zero attached hydrogens (tertiary/aromatic N) is 1. The highest BCUT2D eigenvalue weighted by atomic mass is 35.5. The minimum absolute atomic E-state index is 0.183. The van der Waals surface area contributed by atoms with Gasteiger partial charge in [0.05, 0.1) is 0 Å². The van der Waals surface area contributed by atoms with Gasteiger partial charge in [-0.3, -0.25) is 4.98 Å². The Labute approximate surface area is 93.2 Å². The molecule has 0 radical (unpaired) electrons. The third-order valence-corrected chi connectivity index (χ3v) is 2.47. The first-order chi connectivity index (χ1) is 7.18. The summed E-state index contributed by atoms with van der Waals surface area (Å²) >= 11 is 5.86. The van der Waals surface area contributed by atoms with E-state index >= 15 is 0 Å². The van der Waals surface area contributed by atoms with E-state index in [2.05, 4.69) is 4.98 Å². The van der Waals surface area contributed by atoms with Crippen molar-refractivity contribution in [2.75, 3.05) is 0 Å². The molecule has 1 N–H and O–H groups in total. The van der Waals surface area contributed by atoms with Crippen molar-refractivity contribution in [3.8, 4) is 17.0 Å². The van der Waals surface area contributed by atoms with E-state index in [1.165, 1.54) is 0 Å². The van der Waals surface area contributed by atoms with Gasteiger partial charge >= 0.3 is 0 Å². The molecule has 3 heteroatoms. The van der Waals surface area contributed by atoms with Gasteiger partial charge in [-0.05, 0) is 36.8 Å². The summed E-state index contributed by atoms with van der Waals surface area (Å²) in [4.78, 5) is 4.15. The topological polar surface area (TPSA) is 33.1 Å². The fourth-order valence-electron chi connectivity index (χ4n) is 1.50. The smallest absolute Gasteiger partial charge is 0.141 e. The molecular weight excluding hydrogens is 210 g/mol. The van der Waals surface area contributed by atoms with E-state index in [0.717, 1.165) is 11.1 Å². The summed E-state index contributed by atoms with van der Waals surface area (Å²) in [6.45, 7) is 1.94. The van der Waals surface area contributed by atoms with Crippen molar-refractivity contribution in [2.24, 2.45) is 0 Å². The van der Waals surface area contributed by atoms with E-state index in [0.29, 0.717) is 10.7 Å². The summed E-state index contributed by atoms with van der Waals surface area (Å²) in [6.07, 6.45) is 1.66. The highest BCUT2D eigenvalue weighted by Gasteiger charge is 2.07. The quantitative estimate of drug-likeness (QED) is 0.797. The molecule has 0 aliphatic carbocycles. The number of halogens is 1. The number of aromatic hydroxyl groups is 1. The second kappa shape index (κ2) is 3.91. The molecule has 0 aliphatic heterocycles. The van der Waals surface area contributed by atoms with Gasteiger partial charge in [0.2, 0.25) is 0 Å². The Morgan fingerprint density at radius 2 is 2.07 bits per heavy atom. The summed E-state index contributed by atoms with van der Waals surface area (Å²) in [5.74, 6) is 0.183. The Morgan fingerprint density at radius 3 is 2.73 bits per heavy atom. The van der Waals surface area contributed by atoms with Gasteiger partial charge in [0.1, 0.15) is 11.4 Å². The number of aryl methyl sites for hydroxylation is 1. The fourth-order valence-corrected chi connectivity index (χ4v) is 1.72. The number of benzene rings is 1. The van der Waals surface area contributed by atoms with Crippen LogP contribution in [0.4, 0.5) is 0 Å². The van der Waals surface area contributed by atoms with Crippen molar-refractivity contribution in [1.82, 2.24) is 4.98 Å². The van der Waals surface area contributed by atoms with Gasteiger partial charge in [-0.25, -0.2) is 0 Å². The Hall–Kier alpha value is -1.54. The zero-order valence-electron chi connectivity index (χ0n) is 8.24. The molecule has 0 saturated carbocycles. The first-order valence-electron chi connectivity index (χ1n) is 4.59. The van der Waals surface area contributed by atoms with Crippen LogP contribution in [0.15, 0.2) is 36.5 Å². The zero-order chi connectivity index (χ0) is 10.8. The molecule has 0 saturated heterocycles. The lowest BCUT2D eigenvalue weighted by atomic mass is 10.0. The average molecular weight is 220 g/mol. The van der Waals surface area contributed by atoms with Gasteiger partial charge in [-0.15, -0.1) is 0 Å². The average Bonchev–Trinajstić information content (AvgIpc) is 2.20. The van der Waals surface area contributed by atoms with E-state index < -0.39 is 0 Å². The second-order valence-electron chi connectivity index (χ2n) is 3.33. The molecule has 15 heavy (non-hydrogen) atoms. The molecule has 0 fully saturated rings. The van der Waals surface area contributed by atoms with Crippen molar-refractivity contribution in [3.63, 3.8) is 0 Å². The minimum atomic E-state index is 0.183. The van der Waals surface area contributed by atoms with Gasteiger partial charge in [0.15, 0.2) is 0 Å². The van der Waals surface area contributed by atoms with Crippen LogP contribution < -0.4 is 0 Å². The van der Waals surface area contributed by atoms with Crippen molar-refractivity contribution in [3.05, 3.63) is 47.1 Å². The van der Waals surface area contributed by atoms with Crippen molar-refractivity contribution >= 4 is 11.6 Å². The summed E-state index contributed by atoms with van der Waals surface area (Å²) in [6, 6.07) is 8.82. The first-order valence-corrected chi connectivity index (χ1v) is 4.97. The molecule has 0 spiro atoms. The Bertz CT molecular complexity index is 497. The standard InChI is InChI=1S/C12H10ClNO/c1-8-7-9(13)4-5-10(8)12-11(15)3-2-6-14-12/h2-7,15H,1H3. The highest BCUT2D eigenvalue weighted by molar-refractivity contribution is 6.30. The maximum Gasteiger partial charge on any atom is 0.141 e. The van der Waals surface area contributed by atoms with Gasteiger partial charge in [0, 0.05) is 16.8 Å². The zero-order valence-corrected chi connectivity index (χ0v) is 8.99. The molecule has 0 bridgehead atoms. The third kappa shape index (κ3) is 1.95. The minimum Gasteiger partial charge on any atom is -0.506 e. The lowest BCUT2D eigenvalue weighted by Crippen LogP contribution is -1.87. The summed E-state index contributed by atoms with van der Waals surface area (Å²) < 4.78 is 0. The highest BCUT2D eigenvalue weighted by Crippen LogP contribution is 2.30. The van der Waals surface area contributed by atoms with Crippen LogP contribution in [0.25, 0.3) is 11.3 Å². The summed E-state index contributed by atoms with van der Waals surface area (Å²) in [7, 11) is 0. The van der Waals surface area contributed by atoms with Gasteiger partial charge in [-0.2, -0.15) is 0 Å². The maximum atomic E-state index is 9.66. The number of hydrogen-bond donors (Lipinski definition) is 1. The molecule has 1 aromatic heterocycles. The van der Waals surface area contributed by atoms with Crippen LogP contribution in [0, 0.1) is 6.92 Å². The van der Waals surface area contributed by atoms with Crippen LogP contribution >= 0.6 is 11.6 Å². The Morgan fingerprint density at radius 1 is 1.27 bits per heavy atom. The number of hydrogen-bond acceptors (Lipinski definition) is 2. The lowest BCUT2D eigenvalue weighted by molar-refractivity contribution is 0.475. The third-order valence-electron chi connectivity index (χ3n) is 2.23. The van der Waals surface area contributed by atoms with E-state index in [4.69, 9.17) is 11.6 Å². The normalized spacial score (nSPS) is 10.3. The maximum absolute atomic E-state index is 9.66. The molecule has 0 amide bonds.